The first-order chi connectivity index (χ1) is 12.4. The van der Waals surface area contributed by atoms with Gasteiger partial charge in [-0.25, -0.2) is 8.42 Å². The number of carbonyl (C=O) groups is 1. The number of piperidine rings is 1. The Morgan fingerprint density at radius 2 is 2.08 bits per heavy atom. The van der Waals surface area contributed by atoms with Gasteiger partial charge in [0.15, 0.2) is 9.84 Å². The molecule has 1 aromatic heterocycles. The number of hydrogen-bond acceptors (Lipinski definition) is 5. The highest BCUT2D eigenvalue weighted by Gasteiger charge is 2.18. The monoisotopic (exact) mass is 376 g/mol. The minimum Gasteiger partial charge on any atom is -0.347 e. The number of sulfone groups is 1. The minimum absolute atomic E-state index is 0.0393. The fourth-order valence-corrected chi connectivity index (χ4v) is 3.99. The highest BCUT2D eigenvalue weighted by atomic mass is 32.2. The van der Waals surface area contributed by atoms with Gasteiger partial charge in [0.05, 0.1) is 11.8 Å². The lowest BCUT2D eigenvalue weighted by molar-refractivity contribution is 0.0944. The first-order valence-electron chi connectivity index (χ1n) is 8.71. The highest BCUT2D eigenvalue weighted by Crippen LogP contribution is 2.16. The van der Waals surface area contributed by atoms with Crippen LogP contribution >= 0.6 is 0 Å². The third kappa shape index (κ3) is 4.92. The SMILES string of the molecule is CS(=O)(=O)Cc1ccccc1CNC(=O)c1ccn(C2CCCNC2)n1. The maximum atomic E-state index is 12.4. The Morgan fingerprint density at radius 3 is 2.77 bits per heavy atom. The van der Waals surface area contributed by atoms with Crippen LogP contribution in [-0.4, -0.2) is 43.5 Å². The van der Waals surface area contributed by atoms with Crippen LogP contribution in [0, 0.1) is 0 Å². The van der Waals surface area contributed by atoms with Crippen LogP contribution in [0.3, 0.4) is 0 Å². The van der Waals surface area contributed by atoms with Gasteiger partial charge >= 0.3 is 0 Å². The van der Waals surface area contributed by atoms with Gasteiger partial charge in [0.1, 0.15) is 5.69 Å². The lowest BCUT2D eigenvalue weighted by Crippen LogP contribution is -2.32. The third-order valence-electron chi connectivity index (χ3n) is 4.46. The maximum Gasteiger partial charge on any atom is 0.272 e. The van der Waals surface area contributed by atoms with Crippen LogP contribution in [0.2, 0.25) is 0 Å². The summed E-state index contributed by atoms with van der Waals surface area (Å²) in [7, 11) is -3.13. The summed E-state index contributed by atoms with van der Waals surface area (Å²) in [6, 6.07) is 9.22. The molecule has 0 radical (unpaired) electrons. The number of amides is 1. The van der Waals surface area contributed by atoms with E-state index >= 15 is 0 Å². The Hall–Kier alpha value is -2.19. The van der Waals surface area contributed by atoms with Gasteiger partial charge in [0.2, 0.25) is 0 Å². The molecular weight excluding hydrogens is 352 g/mol. The van der Waals surface area contributed by atoms with Gasteiger partial charge in [0.25, 0.3) is 5.91 Å². The molecule has 0 aliphatic carbocycles. The zero-order valence-corrected chi connectivity index (χ0v) is 15.6. The molecule has 0 saturated carbocycles. The van der Waals surface area contributed by atoms with Crippen LogP contribution in [0.5, 0.6) is 0 Å². The van der Waals surface area contributed by atoms with Gasteiger partial charge in [-0.3, -0.25) is 9.48 Å². The Morgan fingerprint density at radius 1 is 1.31 bits per heavy atom. The minimum atomic E-state index is -3.13. The summed E-state index contributed by atoms with van der Waals surface area (Å²) in [6.07, 6.45) is 5.19. The molecule has 1 fully saturated rings. The van der Waals surface area contributed by atoms with E-state index in [2.05, 4.69) is 15.7 Å². The molecule has 1 aromatic carbocycles. The molecule has 1 aliphatic rings. The van der Waals surface area contributed by atoms with E-state index in [0.29, 0.717) is 11.3 Å². The second-order valence-electron chi connectivity index (χ2n) is 6.70. The number of nitrogens with zero attached hydrogens (tertiary/aromatic N) is 2. The zero-order chi connectivity index (χ0) is 18.6. The van der Waals surface area contributed by atoms with Gasteiger partial charge < -0.3 is 10.6 Å². The number of carbonyl (C=O) groups excluding carboxylic acids is 1. The average Bonchev–Trinajstić information content (AvgIpc) is 3.10. The van der Waals surface area contributed by atoms with Crippen molar-refractivity contribution in [3.8, 4) is 0 Å². The summed E-state index contributed by atoms with van der Waals surface area (Å²) in [5, 5.41) is 10.6. The van der Waals surface area contributed by atoms with E-state index in [1.807, 2.05) is 23.0 Å². The van der Waals surface area contributed by atoms with Gasteiger partial charge in [0, 0.05) is 25.5 Å². The van der Waals surface area contributed by atoms with Crippen molar-refractivity contribution in [3.05, 3.63) is 53.3 Å². The Balaban J connectivity index is 1.63. The van der Waals surface area contributed by atoms with Crippen LogP contribution in [0.1, 0.15) is 40.5 Å². The van der Waals surface area contributed by atoms with E-state index in [1.165, 1.54) is 6.26 Å². The summed E-state index contributed by atoms with van der Waals surface area (Å²) in [5.41, 5.74) is 1.87. The molecule has 2 N–H and O–H groups in total. The van der Waals surface area contributed by atoms with Crippen molar-refractivity contribution in [3.63, 3.8) is 0 Å². The Bertz CT molecular complexity index is 870. The second-order valence-corrected chi connectivity index (χ2v) is 8.84. The third-order valence-corrected chi connectivity index (χ3v) is 5.30. The van der Waals surface area contributed by atoms with Gasteiger partial charge in [-0.05, 0) is 36.6 Å². The fraction of sp³-hybridized carbons (Fsp3) is 0.444. The largest absolute Gasteiger partial charge is 0.347 e. The normalized spacial score (nSPS) is 17.8. The van der Waals surface area contributed by atoms with Crippen molar-refractivity contribution < 1.29 is 13.2 Å². The predicted molar refractivity (Wildman–Crippen MR) is 99.5 cm³/mol. The van der Waals surface area contributed by atoms with Gasteiger partial charge in [-0.1, -0.05) is 24.3 Å². The summed E-state index contributed by atoms with van der Waals surface area (Å²) in [6.45, 7) is 2.15. The number of rotatable bonds is 6. The molecule has 2 aromatic rings. The summed E-state index contributed by atoms with van der Waals surface area (Å²) >= 11 is 0. The molecular formula is C18H24N4O3S. The van der Waals surface area contributed by atoms with Crippen LogP contribution in [0.4, 0.5) is 0 Å². The second kappa shape index (κ2) is 8.01. The molecule has 8 heteroatoms. The Kier molecular flexibility index (Phi) is 5.73. The molecule has 2 heterocycles. The van der Waals surface area contributed by atoms with Crippen LogP contribution in [0.15, 0.2) is 36.5 Å². The lowest BCUT2D eigenvalue weighted by atomic mass is 10.1. The van der Waals surface area contributed by atoms with Crippen molar-refractivity contribution in [1.82, 2.24) is 20.4 Å². The van der Waals surface area contributed by atoms with Crippen LogP contribution in [-0.2, 0) is 22.1 Å². The van der Waals surface area contributed by atoms with E-state index in [1.54, 1.807) is 18.2 Å². The van der Waals surface area contributed by atoms with Crippen molar-refractivity contribution in [2.45, 2.75) is 31.2 Å². The van der Waals surface area contributed by atoms with Crippen molar-refractivity contribution in [2.24, 2.45) is 0 Å². The number of nitrogens with one attached hydrogen (secondary N) is 2. The predicted octanol–water partition coefficient (Wildman–Crippen LogP) is 1.28. The molecule has 1 atom stereocenters. The van der Waals surface area contributed by atoms with Crippen molar-refractivity contribution in [1.29, 1.82) is 0 Å². The molecule has 7 nitrogen and oxygen atoms in total. The van der Waals surface area contributed by atoms with Crippen LogP contribution in [0.25, 0.3) is 0 Å². The molecule has 1 unspecified atom stereocenters. The summed E-state index contributed by atoms with van der Waals surface area (Å²) < 4.78 is 25.0. The first-order valence-corrected chi connectivity index (χ1v) is 10.8. The topological polar surface area (TPSA) is 93.1 Å². The standard InChI is InChI=1S/C18H24N4O3S/c1-26(24,25)13-15-6-3-2-5-14(15)11-20-18(23)17-8-10-22(21-17)16-7-4-9-19-12-16/h2-3,5-6,8,10,16,19H,4,7,9,11-13H2,1H3,(H,20,23). The van der Waals surface area contributed by atoms with E-state index in [0.717, 1.165) is 31.5 Å². The van der Waals surface area contributed by atoms with E-state index < -0.39 is 9.84 Å². The highest BCUT2D eigenvalue weighted by molar-refractivity contribution is 7.89. The smallest absolute Gasteiger partial charge is 0.272 e. The Labute approximate surface area is 153 Å². The van der Waals surface area contributed by atoms with Gasteiger partial charge in [-0.2, -0.15) is 5.10 Å². The first kappa shape index (κ1) is 18.6. The quantitative estimate of drug-likeness (QED) is 0.792. The maximum absolute atomic E-state index is 12.4. The molecule has 26 heavy (non-hydrogen) atoms. The van der Waals surface area contributed by atoms with Crippen molar-refractivity contribution in [2.75, 3.05) is 19.3 Å². The molecule has 140 valence electrons. The summed E-state index contributed by atoms with van der Waals surface area (Å²) in [4.78, 5) is 12.4. The summed E-state index contributed by atoms with van der Waals surface area (Å²) in [5.74, 6) is -0.302. The van der Waals surface area contributed by atoms with E-state index in [9.17, 15) is 13.2 Å². The van der Waals surface area contributed by atoms with E-state index in [-0.39, 0.29) is 24.2 Å². The van der Waals surface area contributed by atoms with E-state index in [4.69, 9.17) is 0 Å². The molecule has 1 amide bonds. The lowest BCUT2D eigenvalue weighted by Gasteiger charge is -2.22. The van der Waals surface area contributed by atoms with Gasteiger partial charge in [-0.15, -0.1) is 0 Å². The van der Waals surface area contributed by atoms with Crippen LogP contribution < -0.4 is 10.6 Å². The van der Waals surface area contributed by atoms with Crippen molar-refractivity contribution >= 4 is 15.7 Å². The number of aromatic nitrogens is 2. The molecule has 1 saturated heterocycles. The fourth-order valence-electron chi connectivity index (χ4n) is 3.14. The molecule has 0 bridgehead atoms. The zero-order valence-electron chi connectivity index (χ0n) is 14.8. The molecule has 0 spiro atoms. The number of hydrogen-bond donors (Lipinski definition) is 2. The molecule has 3 rings (SSSR count). The average molecular weight is 376 g/mol. The number of benzene rings is 1. The molecule has 1 aliphatic heterocycles.